The lowest BCUT2D eigenvalue weighted by molar-refractivity contribution is -0.121. The molecule has 3 rings (SSSR count). The zero-order valence-electron chi connectivity index (χ0n) is 15.0. The van der Waals surface area contributed by atoms with Crippen molar-refractivity contribution in [3.05, 3.63) is 89.6 Å². The van der Waals surface area contributed by atoms with E-state index in [1.807, 2.05) is 30.3 Å². The summed E-state index contributed by atoms with van der Waals surface area (Å²) in [4.78, 5) is 23.9. The molecular weight excluding hydrogens is 363 g/mol. The lowest BCUT2D eigenvalue weighted by atomic mass is 10.1. The van der Waals surface area contributed by atoms with Crippen LogP contribution in [0.5, 0.6) is 5.75 Å². The van der Waals surface area contributed by atoms with Gasteiger partial charge in [0.25, 0.3) is 0 Å². The van der Waals surface area contributed by atoms with Crippen LogP contribution in [0, 0.1) is 5.82 Å². The van der Waals surface area contributed by atoms with Gasteiger partial charge in [0.2, 0.25) is 5.91 Å². The Labute approximate surface area is 161 Å². The Morgan fingerprint density at radius 1 is 0.929 bits per heavy atom. The number of hydrogen-bond acceptors (Lipinski definition) is 4. The van der Waals surface area contributed by atoms with Crippen LogP contribution in [0.4, 0.5) is 4.39 Å². The van der Waals surface area contributed by atoms with E-state index >= 15 is 0 Å². The van der Waals surface area contributed by atoms with Gasteiger partial charge in [-0.1, -0.05) is 30.3 Å². The quantitative estimate of drug-likeness (QED) is 0.614. The monoisotopic (exact) mass is 382 g/mol. The van der Waals surface area contributed by atoms with E-state index in [-0.39, 0.29) is 30.5 Å². The van der Waals surface area contributed by atoms with Crippen molar-refractivity contribution in [2.24, 2.45) is 0 Å². The molecule has 0 aliphatic carbocycles. The summed E-state index contributed by atoms with van der Waals surface area (Å²) in [6.07, 6.45) is 0.587. The number of carbonyl (C=O) groups is 2. The molecule has 0 saturated carbocycles. The molecule has 0 aliphatic heterocycles. The number of aryl methyl sites for hydroxylation is 1. The van der Waals surface area contributed by atoms with Gasteiger partial charge in [0.05, 0.1) is 0 Å². The molecule has 6 nitrogen and oxygen atoms in total. The molecule has 0 aliphatic rings. The molecule has 2 N–H and O–H groups in total. The highest BCUT2D eigenvalue weighted by Crippen LogP contribution is 2.14. The van der Waals surface area contributed by atoms with Gasteiger partial charge in [-0.2, -0.15) is 0 Å². The van der Waals surface area contributed by atoms with Crippen LogP contribution in [-0.4, -0.2) is 11.8 Å². The van der Waals surface area contributed by atoms with Crippen molar-refractivity contribution in [1.82, 2.24) is 10.9 Å². The average molecular weight is 382 g/mol. The highest BCUT2D eigenvalue weighted by molar-refractivity contribution is 5.92. The molecule has 1 heterocycles. The number of hydrogen-bond donors (Lipinski definition) is 2. The predicted octanol–water partition coefficient (Wildman–Crippen LogP) is 3.39. The van der Waals surface area contributed by atoms with Crippen molar-refractivity contribution in [2.75, 3.05) is 0 Å². The van der Waals surface area contributed by atoms with E-state index in [0.29, 0.717) is 17.9 Å². The SMILES string of the molecule is O=C(CCc1ccc(F)cc1)NNC(=O)c1ccc(COc2ccccc2)o1. The fraction of sp³-hybridized carbons (Fsp3) is 0.143. The molecule has 0 saturated heterocycles. The molecule has 144 valence electrons. The summed E-state index contributed by atoms with van der Waals surface area (Å²) in [6, 6.07) is 18.3. The predicted molar refractivity (Wildman–Crippen MR) is 99.8 cm³/mol. The van der Waals surface area contributed by atoms with E-state index in [9.17, 15) is 14.0 Å². The normalized spacial score (nSPS) is 10.3. The van der Waals surface area contributed by atoms with Crippen LogP contribution in [0.25, 0.3) is 0 Å². The number of carbonyl (C=O) groups excluding carboxylic acids is 2. The van der Waals surface area contributed by atoms with E-state index in [1.165, 1.54) is 18.2 Å². The van der Waals surface area contributed by atoms with Gasteiger partial charge in [0.15, 0.2) is 5.76 Å². The second-order valence-electron chi connectivity index (χ2n) is 6.00. The van der Waals surface area contributed by atoms with Gasteiger partial charge in [-0.3, -0.25) is 20.4 Å². The number of rotatable bonds is 7. The molecule has 0 spiro atoms. The van der Waals surface area contributed by atoms with Crippen LogP contribution in [0.3, 0.4) is 0 Å². The van der Waals surface area contributed by atoms with Gasteiger partial charge in [-0.05, 0) is 48.4 Å². The van der Waals surface area contributed by atoms with E-state index in [4.69, 9.17) is 9.15 Å². The van der Waals surface area contributed by atoms with Gasteiger partial charge in [-0.25, -0.2) is 4.39 Å². The first-order chi connectivity index (χ1) is 13.6. The number of hydrazine groups is 1. The molecule has 0 atom stereocenters. The van der Waals surface area contributed by atoms with E-state index in [2.05, 4.69) is 10.9 Å². The van der Waals surface area contributed by atoms with E-state index < -0.39 is 5.91 Å². The number of furan rings is 1. The second-order valence-corrected chi connectivity index (χ2v) is 6.00. The molecular formula is C21H19FN2O4. The number of nitrogens with one attached hydrogen (secondary N) is 2. The summed E-state index contributed by atoms with van der Waals surface area (Å²) in [7, 11) is 0. The van der Waals surface area contributed by atoms with Gasteiger partial charge >= 0.3 is 5.91 Å². The van der Waals surface area contributed by atoms with Crippen molar-refractivity contribution < 1.29 is 23.1 Å². The molecule has 28 heavy (non-hydrogen) atoms. The summed E-state index contributed by atoms with van der Waals surface area (Å²) in [5.41, 5.74) is 5.45. The highest BCUT2D eigenvalue weighted by atomic mass is 19.1. The summed E-state index contributed by atoms with van der Waals surface area (Å²) >= 11 is 0. The topological polar surface area (TPSA) is 80.6 Å². The maximum atomic E-state index is 12.8. The fourth-order valence-corrected chi connectivity index (χ4v) is 2.41. The number of benzene rings is 2. The number of amides is 2. The third-order valence-corrected chi connectivity index (χ3v) is 3.88. The van der Waals surface area contributed by atoms with Crippen LogP contribution in [-0.2, 0) is 17.8 Å². The minimum Gasteiger partial charge on any atom is -0.486 e. The highest BCUT2D eigenvalue weighted by Gasteiger charge is 2.12. The van der Waals surface area contributed by atoms with Crippen molar-refractivity contribution in [2.45, 2.75) is 19.4 Å². The van der Waals surface area contributed by atoms with E-state index in [1.54, 1.807) is 18.2 Å². The summed E-state index contributed by atoms with van der Waals surface area (Å²) in [5, 5.41) is 0. The van der Waals surface area contributed by atoms with Crippen molar-refractivity contribution >= 4 is 11.8 Å². The minimum atomic E-state index is -0.568. The molecule has 2 amide bonds. The molecule has 0 radical (unpaired) electrons. The molecule has 1 aromatic heterocycles. The van der Waals surface area contributed by atoms with Crippen molar-refractivity contribution in [1.29, 1.82) is 0 Å². The minimum absolute atomic E-state index is 0.0606. The maximum absolute atomic E-state index is 12.8. The fourth-order valence-electron chi connectivity index (χ4n) is 2.41. The lowest BCUT2D eigenvalue weighted by Crippen LogP contribution is -2.41. The Hall–Kier alpha value is -3.61. The number of halogens is 1. The molecule has 7 heteroatoms. The Morgan fingerprint density at radius 2 is 1.68 bits per heavy atom. The molecule has 0 unspecified atom stereocenters. The third-order valence-electron chi connectivity index (χ3n) is 3.88. The average Bonchev–Trinajstić information content (AvgIpc) is 3.20. The largest absolute Gasteiger partial charge is 0.486 e. The zero-order chi connectivity index (χ0) is 19.8. The number of ether oxygens (including phenoxy) is 1. The van der Waals surface area contributed by atoms with Crippen LogP contribution in [0.15, 0.2) is 71.1 Å². The van der Waals surface area contributed by atoms with Crippen LogP contribution in [0.2, 0.25) is 0 Å². The smallest absolute Gasteiger partial charge is 0.305 e. The Morgan fingerprint density at radius 3 is 2.43 bits per heavy atom. The molecule has 0 bridgehead atoms. The van der Waals surface area contributed by atoms with E-state index in [0.717, 1.165) is 5.56 Å². The van der Waals surface area contributed by atoms with Gasteiger partial charge < -0.3 is 9.15 Å². The standard InChI is InChI=1S/C21H19FN2O4/c22-16-9-6-15(7-10-16)8-13-20(25)23-24-21(26)19-12-11-18(28-19)14-27-17-4-2-1-3-5-17/h1-7,9-12H,8,13-14H2,(H,23,25)(H,24,26). The summed E-state index contributed by atoms with van der Waals surface area (Å²) in [6.45, 7) is 0.182. The molecule has 2 aromatic carbocycles. The number of para-hydroxylation sites is 1. The first-order valence-electron chi connectivity index (χ1n) is 8.70. The first kappa shape index (κ1) is 19.2. The zero-order valence-corrected chi connectivity index (χ0v) is 15.0. The summed E-state index contributed by atoms with van der Waals surface area (Å²) < 4.78 is 23.8. The Bertz CT molecular complexity index is 923. The van der Waals surface area contributed by atoms with Gasteiger partial charge in [-0.15, -0.1) is 0 Å². The summed E-state index contributed by atoms with van der Waals surface area (Å²) in [5.74, 6) is -0.0223. The van der Waals surface area contributed by atoms with Crippen LogP contribution in [0.1, 0.15) is 28.3 Å². The van der Waals surface area contributed by atoms with Crippen molar-refractivity contribution in [3.63, 3.8) is 0 Å². The van der Waals surface area contributed by atoms with Gasteiger partial charge in [0.1, 0.15) is 23.9 Å². The van der Waals surface area contributed by atoms with Crippen LogP contribution >= 0.6 is 0 Å². The van der Waals surface area contributed by atoms with Crippen LogP contribution < -0.4 is 15.6 Å². The lowest BCUT2D eigenvalue weighted by Gasteiger charge is -2.06. The third kappa shape index (κ3) is 5.70. The molecule has 0 fully saturated rings. The Kier molecular flexibility index (Phi) is 6.41. The maximum Gasteiger partial charge on any atom is 0.305 e. The first-order valence-corrected chi connectivity index (χ1v) is 8.70. The van der Waals surface area contributed by atoms with Gasteiger partial charge in [0, 0.05) is 6.42 Å². The van der Waals surface area contributed by atoms with Crippen molar-refractivity contribution in [3.8, 4) is 5.75 Å². The molecule has 3 aromatic rings. The Balaban J connectivity index is 1.41. The second kappa shape index (κ2) is 9.36.